The Bertz CT molecular complexity index is 586. The zero-order valence-corrected chi connectivity index (χ0v) is 13.0. The number of nitrogens with zero attached hydrogens (tertiary/aromatic N) is 1. The minimum absolute atomic E-state index is 0.0747. The lowest BCUT2D eigenvalue weighted by atomic mass is 10.2. The maximum atomic E-state index is 10.6. The molecular formula is C11H8Br2N2O2S. The fraction of sp³-hybridized carbons (Fsp3) is 0.0909. The second kappa shape index (κ2) is 5.81. The van der Waals surface area contributed by atoms with Crippen LogP contribution in [0.5, 0.6) is 0 Å². The molecule has 0 aliphatic heterocycles. The summed E-state index contributed by atoms with van der Waals surface area (Å²) in [6, 6.07) is 6.71. The van der Waals surface area contributed by atoms with Crippen molar-refractivity contribution in [2.24, 2.45) is 0 Å². The average Bonchev–Trinajstić information content (AvgIpc) is 2.73. The first-order valence-corrected chi connectivity index (χ1v) is 7.43. The zero-order valence-electron chi connectivity index (χ0n) is 9.02. The molecule has 0 aliphatic carbocycles. The first kappa shape index (κ1) is 13.5. The van der Waals surface area contributed by atoms with E-state index < -0.39 is 4.92 Å². The van der Waals surface area contributed by atoms with Crippen molar-refractivity contribution in [1.29, 1.82) is 0 Å². The molecule has 0 atom stereocenters. The van der Waals surface area contributed by atoms with Gasteiger partial charge in [0.1, 0.15) is 0 Å². The normalized spacial score (nSPS) is 10.3. The van der Waals surface area contributed by atoms with Gasteiger partial charge in [-0.3, -0.25) is 10.1 Å². The number of benzene rings is 1. The van der Waals surface area contributed by atoms with Crippen LogP contribution in [-0.2, 0) is 6.54 Å². The molecule has 0 fully saturated rings. The van der Waals surface area contributed by atoms with E-state index in [9.17, 15) is 10.1 Å². The number of halogens is 2. The van der Waals surface area contributed by atoms with E-state index in [4.69, 9.17) is 0 Å². The molecule has 1 aromatic heterocycles. The molecule has 1 N–H and O–H groups in total. The van der Waals surface area contributed by atoms with Crippen molar-refractivity contribution >= 4 is 54.6 Å². The molecular weight excluding hydrogens is 384 g/mol. The predicted octanol–water partition coefficient (Wildman–Crippen LogP) is 4.79. The fourth-order valence-electron chi connectivity index (χ4n) is 1.40. The van der Waals surface area contributed by atoms with Crippen molar-refractivity contribution in [2.75, 3.05) is 5.32 Å². The number of non-ortho nitro benzene ring substituents is 1. The Kier molecular flexibility index (Phi) is 4.36. The lowest BCUT2D eigenvalue weighted by molar-refractivity contribution is -0.384. The number of hydrogen-bond donors (Lipinski definition) is 1. The third-order valence-corrected chi connectivity index (χ3v) is 4.48. The highest BCUT2D eigenvalue weighted by Gasteiger charge is 2.08. The van der Waals surface area contributed by atoms with Gasteiger partial charge in [0.25, 0.3) is 5.69 Å². The van der Waals surface area contributed by atoms with Crippen molar-refractivity contribution in [3.05, 3.63) is 53.6 Å². The Morgan fingerprint density at radius 1 is 1.33 bits per heavy atom. The molecule has 2 rings (SSSR count). The van der Waals surface area contributed by atoms with Gasteiger partial charge in [-0.15, -0.1) is 11.3 Å². The number of nitro groups is 1. The van der Waals surface area contributed by atoms with E-state index in [2.05, 4.69) is 42.6 Å². The van der Waals surface area contributed by atoms with Crippen molar-refractivity contribution in [2.45, 2.75) is 6.54 Å². The van der Waals surface area contributed by atoms with E-state index >= 15 is 0 Å². The molecule has 0 radical (unpaired) electrons. The van der Waals surface area contributed by atoms with Crippen LogP contribution in [-0.4, -0.2) is 4.92 Å². The van der Waals surface area contributed by atoms with E-state index in [0.717, 1.165) is 15.0 Å². The second-order valence-electron chi connectivity index (χ2n) is 3.53. The van der Waals surface area contributed by atoms with Crippen LogP contribution < -0.4 is 5.32 Å². The lowest BCUT2D eigenvalue weighted by Crippen LogP contribution is -1.99. The number of nitrogens with one attached hydrogen (secondary N) is 1. The van der Waals surface area contributed by atoms with E-state index in [0.29, 0.717) is 11.0 Å². The SMILES string of the molecule is O=[N+]([O-])c1ccc(NCc2csc(Br)c2)c(Br)c1. The van der Waals surface area contributed by atoms with Gasteiger partial charge in [-0.2, -0.15) is 0 Å². The van der Waals surface area contributed by atoms with Gasteiger partial charge in [0.05, 0.1) is 8.71 Å². The molecule has 2 aromatic rings. The molecule has 1 aromatic carbocycles. The lowest BCUT2D eigenvalue weighted by Gasteiger charge is -2.07. The highest BCUT2D eigenvalue weighted by atomic mass is 79.9. The summed E-state index contributed by atoms with van der Waals surface area (Å²) in [7, 11) is 0. The first-order valence-electron chi connectivity index (χ1n) is 4.97. The molecule has 0 aliphatic rings. The maximum Gasteiger partial charge on any atom is 0.270 e. The van der Waals surface area contributed by atoms with Crippen molar-refractivity contribution < 1.29 is 4.92 Å². The van der Waals surface area contributed by atoms with Gasteiger partial charge in [-0.05, 0) is 54.9 Å². The standard InChI is InChI=1S/C11H8Br2N2O2S/c12-9-4-8(15(16)17)1-2-10(9)14-5-7-3-11(13)18-6-7/h1-4,6,14H,5H2. The van der Waals surface area contributed by atoms with Crippen LogP contribution in [0.15, 0.2) is 37.9 Å². The monoisotopic (exact) mass is 390 g/mol. The van der Waals surface area contributed by atoms with Gasteiger partial charge >= 0.3 is 0 Å². The van der Waals surface area contributed by atoms with E-state index in [1.807, 2.05) is 6.07 Å². The van der Waals surface area contributed by atoms with Crippen molar-refractivity contribution in [3.8, 4) is 0 Å². The Balaban J connectivity index is 2.08. The van der Waals surface area contributed by atoms with Crippen LogP contribution >= 0.6 is 43.2 Å². The molecule has 4 nitrogen and oxygen atoms in total. The van der Waals surface area contributed by atoms with Crippen LogP contribution in [0.1, 0.15) is 5.56 Å². The second-order valence-corrected chi connectivity index (χ2v) is 6.68. The Hall–Kier alpha value is -0.920. The minimum atomic E-state index is -0.412. The van der Waals surface area contributed by atoms with Crippen LogP contribution in [0.2, 0.25) is 0 Å². The molecule has 0 unspecified atom stereocenters. The van der Waals surface area contributed by atoms with Crippen LogP contribution in [0, 0.1) is 10.1 Å². The highest BCUT2D eigenvalue weighted by molar-refractivity contribution is 9.11. The number of rotatable bonds is 4. The van der Waals surface area contributed by atoms with E-state index in [-0.39, 0.29) is 5.69 Å². The molecule has 0 spiro atoms. The molecule has 0 saturated carbocycles. The number of nitro benzene ring substituents is 1. The Morgan fingerprint density at radius 3 is 2.67 bits per heavy atom. The van der Waals surface area contributed by atoms with Crippen LogP contribution in [0.3, 0.4) is 0 Å². The highest BCUT2D eigenvalue weighted by Crippen LogP contribution is 2.28. The van der Waals surface area contributed by atoms with Crippen LogP contribution in [0.4, 0.5) is 11.4 Å². The van der Waals surface area contributed by atoms with Gasteiger partial charge in [0.2, 0.25) is 0 Å². The van der Waals surface area contributed by atoms with Crippen LogP contribution in [0.25, 0.3) is 0 Å². The van der Waals surface area contributed by atoms with Gasteiger partial charge in [0, 0.05) is 28.8 Å². The quantitative estimate of drug-likeness (QED) is 0.601. The smallest absolute Gasteiger partial charge is 0.270 e. The summed E-state index contributed by atoms with van der Waals surface area (Å²) in [5.74, 6) is 0. The molecule has 0 saturated heterocycles. The summed E-state index contributed by atoms with van der Waals surface area (Å²) in [6.07, 6.45) is 0. The number of hydrogen-bond acceptors (Lipinski definition) is 4. The molecule has 1 heterocycles. The van der Waals surface area contributed by atoms with Gasteiger partial charge < -0.3 is 5.32 Å². The zero-order chi connectivity index (χ0) is 13.1. The molecule has 0 amide bonds. The Labute approximate surface area is 124 Å². The summed E-state index contributed by atoms with van der Waals surface area (Å²) >= 11 is 8.35. The van der Waals surface area contributed by atoms with E-state index in [1.165, 1.54) is 12.1 Å². The van der Waals surface area contributed by atoms with Gasteiger partial charge in [-0.1, -0.05) is 0 Å². The third kappa shape index (κ3) is 3.30. The van der Waals surface area contributed by atoms with Gasteiger partial charge in [-0.25, -0.2) is 0 Å². The third-order valence-electron chi connectivity index (χ3n) is 2.27. The Morgan fingerprint density at radius 2 is 2.11 bits per heavy atom. The summed E-state index contributed by atoms with van der Waals surface area (Å²) in [6.45, 7) is 0.679. The van der Waals surface area contributed by atoms with Crippen molar-refractivity contribution in [3.63, 3.8) is 0 Å². The largest absolute Gasteiger partial charge is 0.380 e. The number of anilines is 1. The molecule has 94 valence electrons. The first-order chi connectivity index (χ1) is 8.56. The summed E-state index contributed by atoms with van der Waals surface area (Å²) in [4.78, 5) is 10.2. The average molecular weight is 392 g/mol. The molecule has 0 bridgehead atoms. The fourth-order valence-corrected chi connectivity index (χ4v) is 3.11. The van der Waals surface area contributed by atoms with E-state index in [1.54, 1.807) is 17.4 Å². The summed E-state index contributed by atoms with van der Waals surface area (Å²) in [5.41, 5.74) is 2.07. The predicted molar refractivity (Wildman–Crippen MR) is 80.1 cm³/mol. The maximum absolute atomic E-state index is 10.6. The molecule has 18 heavy (non-hydrogen) atoms. The van der Waals surface area contributed by atoms with Gasteiger partial charge in [0.15, 0.2) is 0 Å². The number of thiophene rings is 1. The summed E-state index contributed by atoms with van der Waals surface area (Å²) in [5, 5.41) is 15.9. The summed E-state index contributed by atoms with van der Waals surface area (Å²) < 4.78 is 1.77. The molecule has 7 heteroatoms. The topological polar surface area (TPSA) is 55.2 Å². The van der Waals surface area contributed by atoms with Crippen molar-refractivity contribution in [1.82, 2.24) is 0 Å². The minimum Gasteiger partial charge on any atom is -0.380 e.